The Bertz CT molecular complexity index is 561. The van der Waals surface area contributed by atoms with E-state index in [-0.39, 0.29) is 0 Å². The van der Waals surface area contributed by atoms with Gasteiger partial charge in [-0.3, -0.25) is 4.79 Å². The third kappa shape index (κ3) is 2.16. The van der Waals surface area contributed by atoms with Crippen molar-refractivity contribution in [2.75, 3.05) is 13.2 Å². The lowest BCUT2D eigenvalue weighted by Gasteiger charge is -2.15. The minimum Gasteiger partial charge on any atom is -0.489 e. The van der Waals surface area contributed by atoms with Gasteiger partial charge in [0.15, 0.2) is 17.8 Å². The van der Waals surface area contributed by atoms with Gasteiger partial charge in [-0.05, 0) is 25.3 Å². The second-order valence-electron chi connectivity index (χ2n) is 3.83. The fraction of sp³-hybridized carbons (Fsp3) is 0.267. The average Bonchev–Trinajstić information content (AvgIpc) is 2.41. The lowest BCUT2D eigenvalue weighted by molar-refractivity contribution is 0.111. The first kappa shape index (κ1) is 12.4. The number of benzene rings is 2. The van der Waals surface area contributed by atoms with Crippen molar-refractivity contribution in [1.29, 1.82) is 0 Å². The van der Waals surface area contributed by atoms with E-state index in [1.54, 1.807) is 0 Å². The molecule has 0 aliphatic heterocycles. The molecule has 3 nitrogen and oxygen atoms in total. The fourth-order valence-electron chi connectivity index (χ4n) is 1.98. The van der Waals surface area contributed by atoms with Crippen molar-refractivity contribution in [2.45, 2.75) is 13.8 Å². The van der Waals surface area contributed by atoms with Crippen molar-refractivity contribution in [3.8, 4) is 11.5 Å². The van der Waals surface area contributed by atoms with Gasteiger partial charge in [0.1, 0.15) is 0 Å². The predicted molar refractivity (Wildman–Crippen MR) is 71.7 cm³/mol. The van der Waals surface area contributed by atoms with Crippen molar-refractivity contribution >= 4 is 17.1 Å². The van der Waals surface area contributed by atoms with Crippen LogP contribution in [0.5, 0.6) is 11.5 Å². The van der Waals surface area contributed by atoms with Gasteiger partial charge in [-0.2, -0.15) is 0 Å². The summed E-state index contributed by atoms with van der Waals surface area (Å²) in [6.07, 6.45) is 0.806. The van der Waals surface area contributed by atoms with Crippen LogP contribution < -0.4 is 9.47 Å². The SMILES string of the molecule is CCOc1c(C=O)cc2ccccc2c1OCC. The predicted octanol–water partition coefficient (Wildman–Crippen LogP) is 3.45. The number of carbonyl (C=O) groups is 1. The first-order chi connectivity index (χ1) is 8.81. The molecule has 0 aliphatic rings. The molecular formula is C15H16O3. The Morgan fingerprint density at radius 1 is 1.06 bits per heavy atom. The Balaban J connectivity index is 2.74. The van der Waals surface area contributed by atoms with Crippen molar-refractivity contribution in [1.82, 2.24) is 0 Å². The van der Waals surface area contributed by atoms with Gasteiger partial charge >= 0.3 is 0 Å². The van der Waals surface area contributed by atoms with Crippen LogP contribution >= 0.6 is 0 Å². The number of hydrogen-bond acceptors (Lipinski definition) is 3. The molecule has 0 aromatic heterocycles. The highest BCUT2D eigenvalue weighted by atomic mass is 16.5. The lowest BCUT2D eigenvalue weighted by Crippen LogP contribution is -2.02. The highest BCUT2D eigenvalue weighted by molar-refractivity contribution is 5.97. The van der Waals surface area contributed by atoms with Crippen molar-refractivity contribution in [2.24, 2.45) is 0 Å². The molecule has 0 saturated heterocycles. The second kappa shape index (κ2) is 5.54. The molecule has 2 rings (SSSR count). The average molecular weight is 244 g/mol. The zero-order valence-corrected chi connectivity index (χ0v) is 10.6. The van der Waals surface area contributed by atoms with Crippen LogP contribution in [0.3, 0.4) is 0 Å². The van der Waals surface area contributed by atoms with Gasteiger partial charge in [0.05, 0.1) is 18.8 Å². The third-order valence-electron chi connectivity index (χ3n) is 2.69. The van der Waals surface area contributed by atoms with Crippen LogP contribution in [0, 0.1) is 0 Å². The number of fused-ring (bicyclic) bond motifs is 1. The number of aldehydes is 1. The molecule has 3 heteroatoms. The number of rotatable bonds is 5. The first-order valence-electron chi connectivity index (χ1n) is 6.08. The Labute approximate surface area is 106 Å². The summed E-state index contributed by atoms with van der Waals surface area (Å²) in [6.45, 7) is 4.84. The summed E-state index contributed by atoms with van der Waals surface area (Å²) >= 11 is 0. The standard InChI is InChI=1S/C15H16O3/c1-3-17-14-12(10-16)9-11-7-5-6-8-13(11)15(14)18-4-2/h5-10H,3-4H2,1-2H3. The van der Waals surface area contributed by atoms with E-state index in [9.17, 15) is 4.79 Å². The quantitative estimate of drug-likeness (QED) is 0.756. The topological polar surface area (TPSA) is 35.5 Å². The van der Waals surface area contributed by atoms with Gasteiger partial charge in [0, 0.05) is 5.39 Å². The molecule has 2 aromatic rings. The van der Waals surface area contributed by atoms with Crippen LogP contribution in [0.1, 0.15) is 24.2 Å². The van der Waals surface area contributed by atoms with E-state index in [0.29, 0.717) is 30.3 Å². The molecule has 0 N–H and O–H groups in total. The third-order valence-corrected chi connectivity index (χ3v) is 2.69. The zero-order chi connectivity index (χ0) is 13.0. The Kier molecular flexibility index (Phi) is 3.82. The molecule has 0 radical (unpaired) electrons. The summed E-state index contributed by atoms with van der Waals surface area (Å²) < 4.78 is 11.2. The fourth-order valence-corrected chi connectivity index (χ4v) is 1.98. The van der Waals surface area contributed by atoms with E-state index < -0.39 is 0 Å². The normalized spacial score (nSPS) is 10.3. The maximum Gasteiger partial charge on any atom is 0.172 e. The molecule has 0 atom stereocenters. The molecule has 0 spiro atoms. The Hall–Kier alpha value is -2.03. The van der Waals surface area contributed by atoms with E-state index in [2.05, 4.69) is 0 Å². The second-order valence-corrected chi connectivity index (χ2v) is 3.83. The van der Waals surface area contributed by atoms with Gasteiger partial charge in [0.25, 0.3) is 0 Å². The molecule has 0 unspecified atom stereocenters. The van der Waals surface area contributed by atoms with Crippen LogP contribution in [-0.4, -0.2) is 19.5 Å². The molecule has 18 heavy (non-hydrogen) atoms. The number of carbonyl (C=O) groups excluding carboxylic acids is 1. The van der Waals surface area contributed by atoms with Crippen LogP contribution in [0.4, 0.5) is 0 Å². The maximum atomic E-state index is 11.2. The van der Waals surface area contributed by atoms with Gasteiger partial charge in [-0.25, -0.2) is 0 Å². The Morgan fingerprint density at radius 3 is 2.39 bits per heavy atom. The van der Waals surface area contributed by atoms with Crippen molar-refractivity contribution in [3.63, 3.8) is 0 Å². The molecule has 0 fully saturated rings. The molecule has 0 heterocycles. The molecule has 2 aromatic carbocycles. The van der Waals surface area contributed by atoms with Gasteiger partial charge in [-0.15, -0.1) is 0 Å². The van der Waals surface area contributed by atoms with E-state index in [1.165, 1.54) is 0 Å². The Morgan fingerprint density at radius 2 is 1.72 bits per heavy atom. The summed E-state index contributed by atoms with van der Waals surface area (Å²) in [4.78, 5) is 11.2. The van der Waals surface area contributed by atoms with E-state index in [1.807, 2.05) is 44.2 Å². The largest absolute Gasteiger partial charge is 0.489 e. The van der Waals surface area contributed by atoms with Crippen molar-refractivity contribution in [3.05, 3.63) is 35.9 Å². The highest BCUT2D eigenvalue weighted by Crippen LogP contribution is 2.38. The minimum atomic E-state index is 0.499. The minimum absolute atomic E-state index is 0.499. The number of ether oxygens (including phenoxy) is 2. The number of hydrogen-bond donors (Lipinski definition) is 0. The van der Waals surface area contributed by atoms with E-state index in [0.717, 1.165) is 17.1 Å². The maximum absolute atomic E-state index is 11.2. The van der Waals surface area contributed by atoms with E-state index in [4.69, 9.17) is 9.47 Å². The van der Waals surface area contributed by atoms with Crippen LogP contribution in [0.25, 0.3) is 10.8 Å². The summed E-state index contributed by atoms with van der Waals surface area (Å²) in [5.41, 5.74) is 0.527. The summed E-state index contributed by atoms with van der Waals surface area (Å²) in [7, 11) is 0. The first-order valence-corrected chi connectivity index (χ1v) is 6.08. The van der Waals surface area contributed by atoms with Crippen LogP contribution in [0.2, 0.25) is 0 Å². The molecule has 0 saturated carbocycles. The van der Waals surface area contributed by atoms with Gasteiger partial charge in [-0.1, -0.05) is 24.3 Å². The molecule has 0 amide bonds. The summed E-state index contributed by atoms with van der Waals surface area (Å²) in [6, 6.07) is 9.64. The molecule has 94 valence electrons. The monoisotopic (exact) mass is 244 g/mol. The summed E-state index contributed by atoms with van der Waals surface area (Å²) in [5.74, 6) is 1.19. The molecule has 0 aliphatic carbocycles. The van der Waals surface area contributed by atoms with Gasteiger partial charge < -0.3 is 9.47 Å². The van der Waals surface area contributed by atoms with Crippen molar-refractivity contribution < 1.29 is 14.3 Å². The van der Waals surface area contributed by atoms with Crippen LogP contribution in [-0.2, 0) is 0 Å². The molecule has 0 bridgehead atoms. The highest BCUT2D eigenvalue weighted by Gasteiger charge is 2.15. The molecular weight excluding hydrogens is 228 g/mol. The van der Waals surface area contributed by atoms with Gasteiger partial charge in [0.2, 0.25) is 0 Å². The van der Waals surface area contributed by atoms with Crippen LogP contribution in [0.15, 0.2) is 30.3 Å². The van der Waals surface area contributed by atoms with E-state index >= 15 is 0 Å². The zero-order valence-electron chi connectivity index (χ0n) is 10.6. The lowest BCUT2D eigenvalue weighted by atomic mass is 10.0. The summed E-state index contributed by atoms with van der Waals surface area (Å²) in [5, 5.41) is 1.94. The smallest absolute Gasteiger partial charge is 0.172 e.